The van der Waals surface area contributed by atoms with E-state index in [1.807, 2.05) is 37.4 Å². The molecule has 0 unspecified atom stereocenters. The molecule has 0 saturated carbocycles. The zero-order valence-corrected chi connectivity index (χ0v) is 19.1. The number of anilines is 3. The Morgan fingerprint density at radius 3 is 2.53 bits per heavy atom. The maximum absolute atomic E-state index is 13.8. The first-order chi connectivity index (χ1) is 16.2. The van der Waals surface area contributed by atoms with Crippen LogP contribution in [0.5, 0.6) is 0 Å². The molecule has 1 fully saturated rings. The molecule has 2 aromatic carbocycles. The fourth-order valence-corrected chi connectivity index (χ4v) is 4.05. The number of amides is 3. The van der Waals surface area contributed by atoms with Crippen molar-refractivity contribution in [2.75, 3.05) is 37.3 Å². The standard InChI is InChI=1S/C24H26FN7O2/c1-16-9-10-18(11-20(16)25)28-23(34)31-14-24(15-31,13-30(2)3)32-12-19(21(26)33)22(29-32)27-17-7-5-4-6-8-17/h4-12H,2,13-15H2,1,3H3,(H3-,26,27,28,29,33,34)/p+1. The van der Waals surface area contributed by atoms with Crippen molar-refractivity contribution in [2.24, 2.45) is 5.73 Å². The number of hydrogen-bond donors (Lipinski definition) is 3. The first-order valence-corrected chi connectivity index (χ1v) is 10.7. The predicted molar refractivity (Wildman–Crippen MR) is 128 cm³/mol. The van der Waals surface area contributed by atoms with Crippen molar-refractivity contribution in [3.63, 3.8) is 0 Å². The number of aryl methyl sites for hydroxylation is 1. The molecule has 9 nitrogen and oxygen atoms in total. The van der Waals surface area contributed by atoms with Crippen molar-refractivity contribution in [2.45, 2.75) is 12.5 Å². The molecular formula is C24H27FN7O2+. The summed E-state index contributed by atoms with van der Waals surface area (Å²) in [6.07, 6.45) is 1.60. The summed E-state index contributed by atoms with van der Waals surface area (Å²) < 4.78 is 17.3. The van der Waals surface area contributed by atoms with Gasteiger partial charge in [0, 0.05) is 17.6 Å². The highest BCUT2D eigenvalue weighted by Crippen LogP contribution is 2.32. The molecule has 1 aliphatic heterocycles. The summed E-state index contributed by atoms with van der Waals surface area (Å²) in [6.45, 7) is 6.71. The molecule has 3 amide bonds. The van der Waals surface area contributed by atoms with E-state index in [0.717, 1.165) is 5.69 Å². The molecule has 176 valence electrons. The molecule has 4 rings (SSSR count). The van der Waals surface area contributed by atoms with E-state index in [4.69, 9.17) is 5.73 Å². The van der Waals surface area contributed by atoms with Crippen molar-refractivity contribution in [3.05, 3.63) is 71.7 Å². The lowest BCUT2D eigenvalue weighted by Gasteiger charge is -2.47. The third-order valence-corrected chi connectivity index (χ3v) is 5.75. The summed E-state index contributed by atoms with van der Waals surface area (Å²) >= 11 is 0. The van der Waals surface area contributed by atoms with Crippen LogP contribution < -0.4 is 16.4 Å². The quantitative estimate of drug-likeness (QED) is 0.369. The van der Waals surface area contributed by atoms with Gasteiger partial charge in [-0.05, 0) is 36.8 Å². The van der Waals surface area contributed by atoms with Gasteiger partial charge in [0.1, 0.15) is 25.1 Å². The molecule has 0 bridgehead atoms. The van der Waals surface area contributed by atoms with Crippen LogP contribution in [-0.4, -0.2) is 64.6 Å². The maximum atomic E-state index is 13.8. The first kappa shape index (κ1) is 23.0. The van der Waals surface area contributed by atoms with Crippen LogP contribution in [0, 0.1) is 12.7 Å². The SMILES string of the molecule is C=[N+](C)CC1(n2cc(C(N)=O)c(Nc3ccccc3)n2)CN(C(=O)Nc2ccc(C)c(F)c2)C1. The summed E-state index contributed by atoms with van der Waals surface area (Å²) in [6, 6.07) is 13.5. The molecule has 1 saturated heterocycles. The van der Waals surface area contributed by atoms with Crippen molar-refractivity contribution in [1.29, 1.82) is 0 Å². The van der Waals surface area contributed by atoms with Gasteiger partial charge in [0.05, 0.1) is 13.1 Å². The number of nitrogens with one attached hydrogen (secondary N) is 2. The maximum Gasteiger partial charge on any atom is 0.322 e. The van der Waals surface area contributed by atoms with Crippen LogP contribution in [0.25, 0.3) is 0 Å². The summed E-state index contributed by atoms with van der Waals surface area (Å²) in [5.41, 5.74) is 6.88. The molecule has 10 heteroatoms. The molecule has 34 heavy (non-hydrogen) atoms. The van der Waals surface area contributed by atoms with E-state index >= 15 is 0 Å². The zero-order chi connectivity index (χ0) is 24.5. The Labute approximate surface area is 196 Å². The summed E-state index contributed by atoms with van der Waals surface area (Å²) in [7, 11) is 1.82. The third kappa shape index (κ3) is 4.61. The molecular weight excluding hydrogens is 437 g/mol. The second kappa shape index (κ2) is 8.97. The van der Waals surface area contributed by atoms with E-state index in [-0.39, 0.29) is 17.4 Å². The van der Waals surface area contributed by atoms with Crippen molar-refractivity contribution >= 4 is 35.8 Å². The molecule has 0 aliphatic carbocycles. The van der Waals surface area contributed by atoms with Gasteiger partial charge in [-0.3, -0.25) is 9.48 Å². The fourth-order valence-electron chi connectivity index (χ4n) is 4.05. The molecule has 1 aliphatic rings. The smallest absolute Gasteiger partial charge is 0.322 e. The van der Waals surface area contributed by atoms with E-state index in [1.54, 1.807) is 39.4 Å². The van der Waals surface area contributed by atoms with Crippen molar-refractivity contribution in [3.8, 4) is 0 Å². The lowest BCUT2D eigenvalue weighted by Crippen LogP contribution is -2.68. The van der Waals surface area contributed by atoms with E-state index in [0.29, 0.717) is 36.7 Å². The number of hydrogen-bond acceptors (Lipinski definition) is 4. The van der Waals surface area contributed by atoms with Gasteiger partial charge in [-0.15, -0.1) is 0 Å². The monoisotopic (exact) mass is 464 g/mol. The van der Waals surface area contributed by atoms with Crippen LogP contribution in [-0.2, 0) is 5.54 Å². The van der Waals surface area contributed by atoms with Gasteiger partial charge in [0.15, 0.2) is 17.9 Å². The topological polar surface area (TPSA) is 108 Å². The molecule has 4 N–H and O–H groups in total. The number of primary amides is 1. The number of nitrogens with zero attached hydrogens (tertiary/aromatic N) is 4. The molecule has 2 heterocycles. The van der Waals surface area contributed by atoms with Gasteiger partial charge in [-0.25, -0.2) is 13.8 Å². The minimum absolute atomic E-state index is 0.243. The number of likely N-dealkylation sites (tertiary alicyclic amines) is 1. The number of aromatic nitrogens is 2. The molecule has 0 spiro atoms. The summed E-state index contributed by atoms with van der Waals surface area (Å²) in [5.74, 6) is -0.663. The lowest BCUT2D eigenvalue weighted by molar-refractivity contribution is -0.507. The Balaban J connectivity index is 1.56. The second-order valence-corrected chi connectivity index (χ2v) is 8.68. The van der Waals surface area contributed by atoms with Crippen LogP contribution in [0.1, 0.15) is 15.9 Å². The minimum Gasteiger partial charge on any atom is -0.365 e. The van der Waals surface area contributed by atoms with Gasteiger partial charge in [0.2, 0.25) is 0 Å². The van der Waals surface area contributed by atoms with Gasteiger partial charge < -0.3 is 21.3 Å². The largest absolute Gasteiger partial charge is 0.365 e. The van der Waals surface area contributed by atoms with Crippen LogP contribution in [0.3, 0.4) is 0 Å². The molecule has 0 radical (unpaired) electrons. The minimum atomic E-state index is -0.618. The van der Waals surface area contributed by atoms with E-state index < -0.39 is 11.4 Å². The highest BCUT2D eigenvalue weighted by atomic mass is 19.1. The van der Waals surface area contributed by atoms with E-state index in [2.05, 4.69) is 22.4 Å². The number of urea groups is 1. The van der Waals surface area contributed by atoms with Crippen LogP contribution in [0.2, 0.25) is 0 Å². The molecule has 1 aromatic heterocycles. The number of likely N-dealkylation sites (N-methyl/N-ethyl adjacent to an activating group) is 1. The number of rotatable bonds is 7. The molecule has 0 atom stereocenters. The summed E-state index contributed by atoms with van der Waals surface area (Å²) in [4.78, 5) is 26.5. The van der Waals surface area contributed by atoms with Gasteiger partial charge in [-0.1, -0.05) is 24.3 Å². The number of nitrogens with two attached hydrogens (primary N) is 1. The Kier molecular flexibility index (Phi) is 6.06. The fraction of sp³-hybridized carbons (Fsp3) is 0.250. The number of benzene rings is 2. The van der Waals surface area contributed by atoms with Crippen LogP contribution in [0.15, 0.2) is 54.7 Å². The number of para-hydroxylation sites is 1. The van der Waals surface area contributed by atoms with Crippen LogP contribution >= 0.6 is 0 Å². The lowest BCUT2D eigenvalue weighted by atomic mass is 9.89. The predicted octanol–water partition coefficient (Wildman–Crippen LogP) is 2.76. The molecule has 3 aromatic rings. The van der Waals surface area contributed by atoms with Crippen LogP contribution in [0.4, 0.5) is 26.4 Å². The highest BCUT2D eigenvalue weighted by molar-refractivity contribution is 5.98. The average molecular weight is 465 g/mol. The van der Waals surface area contributed by atoms with Gasteiger partial charge in [-0.2, -0.15) is 5.10 Å². The Morgan fingerprint density at radius 1 is 1.21 bits per heavy atom. The van der Waals surface area contributed by atoms with Gasteiger partial charge >= 0.3 is 6.03 Å². The second-order valence-electron chi connectivity index (χ2n) is 8.68. The van der Waals surface area contributed by atoms with Crippen molar-refractivity contribution < 1.29 is 18.6 Å². The van der Waals surface area contributed by atoms with Crippen molar-refractivity contribution in [1.82, 2.24) is 14.7 Å². The summed E-state index contributed by atoms with van der Waals surface area (Å²) in [5, 5.41) is 10.5. The Hall–Kier alpha value is -4.21. The first-order valence-electron chi connectivity index (χ1n) is 10.7. The van der Waals surface area contributed by atoms with Gasteiger partial charge in [0.25, 0.3) is 5.91 Å². The zero-order valence-electron chi connectivity index (χ0n) is 19.1. The number of carbonyl (C=O) groups excluding carboxylic acids is 2. The van der Waals surface area contributed by atoms with E-state index in [1.165, 1.54) is 6.07 Å². The number of carbonyl (C=O) groups is 2. The van der Waals surface area contributed by atoms with E-state index in [9.17, 15) is 14.0 Å². The Morgan fingerprint density at radius 2 is 1.91 bits per heavy atom. The third-order valence-electron chi connectivity index (χ3n) is 5.75. The normalized spacial score (nSPS) is 14.3. The highest BCUT2D eigenvalue weighted by Gasteiger charge is 2.51. The Bertz CT molecular complexity index is 1250. The average Bonchev–Trinajstić information content (AvgIpc) is 3.18. The number of halogens is 1.